The van der Waals surface area contributed by atoms with Crippen molar-refractivity contribution in [3.8, 4) is 0 Å². The Kier molecular flexibility index (Phi) is 20.2. The fourth-order valence-electron chi connectivity index (χ4n) is 2.48. The molecule has 0 saturated heterocycles. The normalized spacial score (nSPS) is 13.0. The van der Waals surface area contributed by atoms with Crippen molar-refractivity contribution in [2.75, 3.05) is 26.7 Å². The molecule has 140 valence electrons. The third kappa shape index (κ3) is 26.3. The largest absolute Gasteiger partial charge is 0.393 e. The lowest BCUT2D eigenvalue weighted by Crippen LogP contribution is -3.10. The first-order valence-corrected chi connectivity index (χ1v) is 8.85. The van der Waals surface area contributed by atoms with E-state index in [0.29, 0.717) is 6.54 Å². The van der Waals surface area contributed by atoms with Crippen molar-refractivity contribution < 1.29 is 20.2 Å². The molecule has 0 radical (unpaired) electrons. The summed E-state index contributed by atoms with van der Waals surface area (Å²) in [5.41, 5.74) is 0. The van der Waals surface area contributed by atoms with Crippen molar-refractivity contribution in [1.82, 2.24) is 0 Å². The molecule has 0 aliphatic rings. The third-order valence-electron chi connectivity index (χ3n) is 3.75. The minimum atomic E-state index is -1.75. The van der Waals surface area contributed by atoms with Crippen LogP contribution in [0.4, 0.5) is 0 Å². The van der Waals surface area contributed by atoms with Crippen LogP contribution in [-0.4, -0.2) is 48.1 Å². The van der Waals surface area contributed by atoms with Crippen LogP contribution in [0.1, 0.15) is 71.1 Å². The summed E-state index contributed by atoms with van der Waals surface area (Å²) in [5, 5.41) is 32.8. The monoisotopic (exact) mass is 336 g/mol. The average molecular weight is 336 g/mol. The minimum absolute atomic E-state index is 0.116. The van der Waals surface area contributed by atoms with E-state index < -0.39 is 11.2 Å². The van der Waals surface area contributed by atoms with Gasteiger partial charge in [0.2, 0.25) is 0 Å². The molecule has 0 saturated carbocycles. The van der Waals surface area contributed by atoms with E-state index in [9.17, 15) is 5.11 Å². The van der Waals surface area contributed by atoms with Gasteiger partial charge in [0.25, 0.3) is 0 Å². The molecule has 0 spiro atoms. The predicted molar refractivity (Wildman–Crippen MR) is 91.9 cm³/mol. The fourth-order valence-corrected chi connectivity index (χ4v) is 2.48. The zero-order valence-electron chi connectivity index (χ0n) is 14.8. The van der Waals surface area contributed by atoms with Crippen LogP contribution < -0.4 is 4.90 Å². The van der Waals surface area contributed by atoms with E-state index in [4.69, 9.17) is 20.4 Å². The molecule has 0 aromatic carbocycles. The number of nitrogens with one attached hydrogen (secondary N) is 1. The van der Waals surface area contributed by atoms with Crippen LogP contribution in [0.3, 0.4) is 0 Å². The van der Waals surface area contributed by atoms with Crippen LogP contribution in [0.25, 0.3) is 0 Å². The first kappa shape index (κ1) is 24.3. The summed E-state index contributed by atoms with van der Waals surface area (Å²) in [6.45, 7) is 3.91. The molecule has 0 aromatic heterocycles. The van der Waals surface area contributed by atoms with Crippen LogP contribution in [0.2, 0.25) is 0 Å². The third-order valence-corrected chi connectivity index (χ3v) is 3.75. The Balaban J connectivity index is 0. The Bertz CT molecular complexity index is 251. The van der Waals surface area contributed by atoms with Crippen LogP contribution in [0.5, 0.6) is 0 Å². The molecular formula is C16H36N2O5. The van der Waals surface area contributed by atoms with Gasteiger partial charge < -0.3 is 30.4 Å². The second-order valence-corrected chi connectivity index (χ2v) is 6.15. The summed E-state index contributed by atoms with van der Waals surface area (Å²) in [5.74, 6) is 0. The van der Waals surface area contributed by atoms with Crippen LogP contribution in [0, 0.1) is 15.3 Å². The molecule has 0 amide bonds. The maximum absolute atomic E-state index is 9.32. The van der Waals surface area contributed by atoms with Crippen molar-refractivity contribution in [3.63, 3.8) is 0 Å². The van der Waals surface area contributed by atoms with Gasteiger partial charge in [-0.3, -0.25) is 0 Å². The van der Waals surface area contributed by atoms with Crippen LogP contribution >= 0.6 is 0 Å². The molecule has 2 atom stereocenters. The molecule has 0 rings (SSSR count). The number of aliphatic hydroxyl groups excluding tert-OH is 2. The Hall–Kier alpha value is -0.920. The van der Waals surface area contributed by atoms with Crippen LogP contribution in [0.15, 0.2) is 0 Å². The van der Waals surface area contributed by atoms with Gasteiger partial charge in [-0.2, -0.15) is 0 Å². The summed E-state index contributed by atoms with van der Waals surface area (Å²) < 4.78 is 0. The van der Waals surface area contributed by atoms with Gasteiger partial charge in [0.05, 0.1) is 25.3 Å². The lowest BCUT2D eigenvalue weighted by molar-refractivity contribution is -0.883. The molecular weight excluding hydrogens is 300 g/mol. The number of unbranched alkanes of at least 4 members (excludes halogenated alkanes) is 9. The zero-order valence-corrected chi connectivity index (χ0v) is 14.8. The molecule has 23 heavy (non-hydrogen) atoms. The van der Waals surface area contributed by atoms with Gasteiger partial charge in [0, 0.05) is 0 Å². The number of nitrogens with zero attached hydrogens (tertiary/aromatic N) is 1. The lowest BCUT2D eigenvalue weighted by Gasteiger charge is -2.16. The first-order valence-electron chi connectivity index (χ1n) is 8.85. The van der Waals surface area contributed by atoms with Crippen molar-refractivity contribution >= 4 is 0 Å². The summed E-state index contributed by atoms with van der Waals surface area (Å²) in [4.78, 5) is 9.57. The molecule has 2 unspecified atom stereocenters. The number of likely N-dealkylation sites (N-methyl/N-ethyl adjacent to an activating group) is 1. The molecule has 7 heteroatoms. The summed E-state index contributed by atoms with van der Waals surface area (Å²) in [6, 6.07) is 0. The van der Waals surface area contributed by atoms with Gasteiger partial charge in [-0.25, -0.2) is 0 Å². The van der Waals surface area contributed by atoms with Crippen molar-refractivity contribution in [3.05, 3.63) is 15.3 Å². The molecule has 0 fully saturated rings. The van der Waals surface area contributed by atoms with E-state index in [-0.39, 0.29) is 6.61 Å². The Labute approximate surface area is 140 Å². The molecule has 0 heterocycles. The molecule has 0 bridgehead atoms. The number of aliphatic hydroxyl groups is 2. The molecule has 0 aromatic rings. The van der Waals surface area contributed by atoms with E-state index in [0.717, 1.165) is 6.54 Å². The lowest BCUT2D eigenvalue weighted by atomic mass is 10.1. The van der Waals surface area contributed by atoms with Crippen molar-refractivity contribution in [2.45, 2.75) is 77.2 Å². The Morgan fingerprint density at radius 2 is 1.35 bits per heavy atom. The van der Waals surface area contributed by atoms with Gasteiger partial charge in [0.15, 0.2) is 0 Å². The Morgan fingerprint density at radius 3 is 1.74 bits per heavy atom. The topological polar surface area (TPSA) is 111 Å². The average Bonchev–Trinajstić information content (AvgIpc) is 2.48. The minimum Gasteiger partial charge on any atom is -0.393 e. The van der Waals surface area contributed by atoms with E-state index >= 15 is 0 Å². The van der Waals surface area contributed by atoms with Gasteiger partial charge in [0.1, 0.15) is 12.6 Å². The van der Waals surface area contributed by atoms with Gasteiger partial charge >= 0.3 is 0 Å². The van der Waals surface area contributed by atoms with Gasteiger partial charge in [-0.15, -0.1) is 0 Å². The second kappa shape index (κ2) is 19.1. The highest BCUT2D eigenvalue weighted by Crippen LogP contribution is 2.09. The number of rotatable bonds is 14. The Morgan fingerprint density at radius 1 is 0.957 bits per heavy atom. The molecule has 3 N–H and O–H groups in total. The number of hydrogen-bond donors (Lipinski definition) is 3. The van der Waals surface area contributed by atoms with Gasteiger partial charge in [-0.05, 0) is 12.8 Å². The first-order chi connectivity index (χ1) is 10.9. The van der Waals surface area contributed by atoms with Crippen molar-refractivity contribution in [1.29, 1.82) is 0 Å². The maximum Gasteiger partial charge on any atom is 0.126 e. The van der Waals surface area contributed by atoms with E-state index in [1.165, 1.54) is 69.1 Å². The predicted octanol–water partition coefficient (Wildman–Crippen LogP) is 1.54. The highest BCUT2D eigenvalue weighted by atomic mass is 16.9. The standard InChI is InChI=1S/C16H35NO2.NO3/c1-3-4-5-6-7-8-9-10-11-12-13-17(2)14-16(19)15-18;2-1(3)4/h16,18-19H,3-15H2,1-2H3;/q;-1/p+1. The SMILES string of the molecule is CCCCCCCCCCCC[NH+](C)CC(O)CO.O=[N+]([O-])[O-]. The van der Waals surface area contributed by atoms with E-state index in [1.54, 1.807) is 0 Å². The molecule has 0 aliphatic carbocycles. The second-order valence-electron chi connectivity index (χ2n) is 6.15. The van der Waals surface area contributed by atoms with Crippen LogP contribution in [-0.2, 0) is 0 Å². The highest BCUT2D eigenvalue weighted by molar-refractivity contribution is 4.49. The summed E-state index contributed by atoms with van der Waals surface area (Å²) >= 11 is 0. The van der Waals surface area contributed by atoms with E-state index in [2.05, 4.69) is 14.0 Å². The van der Waals surface area contributed by atoms with Crippen molar-refractivity contribution in [2.24, 2.45) is 0 Å². The fraction of sp³-hybridized carbons (Fsp3) is 1.00. The maximum atomic E-state index is 9.32. The summed E-state index contributed by atoms with van der Waals surface area (Å²) in [7, 11) is 2.09. The quantitative estimate of drug-likeness (QED) is 0.253. The zero-order chi connectivity index (χ0) is 17.9. The highest BCUT2D eigenvalue weighted by Gasteiger charge is 2.08. The number of hydrogen-bond acceptors (Lipinski definition) is 5. The molecule has 0 aliphatic heterocycles. The molecule has 7 nitrogen and oxygen atoms in total. The number of quaternary nitrogens is 1. The summed E-state index contributed by atoms with van der Waals surface area (Å²) in [6.07, 6.45) is 13.1. The smallest absolute Gasteiger partial charge is 0.126 e. The van der Waals surface area contributed by atoms with E-state index in [1.807, 2.05) is 0 Å². The van der Waals surface area contributed by atoms with Gasteiger partial charge in [-0.1, -0.05) is 58.3 Å².